The molecule has 0 spiro atoms. The molecule has 1 amide bonds. The molecule has 0 atom stereocenters. The molecular formula is C12H15N3O4S. The Morgan fingerprint density at radius 2 is 2.10 bits per heavy atom. The van der Waals surface area contributed by atoms with Gasteiger partial charge in [0.05, 0.1) is 6.07 Å². The van der Waals surface area contributed by atoms with Gasteiger partial charge in [-0.1, -0.05) is 6.07 Å². The molecule has 0 fully saturated rings. The van der Waals surface area contributed by atoms with Gasteiger partial charge in [-0.05, 0) is 31.0 Å². The predicted molar refractivity (Wildman–Crippen MR) is 71.4 cm³/mol. The number of benzene rings is 1. The van der Waals surface area contributed by atoms with Gasteiger partial charge in [0.2, 0.25) is 10.0 Å². The smallest absolute Gasteiger partial charge is 0.258 e. The van der Waals surface area contributed by atoms with Crippen molar-refractivity contribution >= 4 is 15.9 Å². The molecule has 1 aromatic carbocycles. The molecule has 1 aromatic rings. The summed E-state index contributed by atoms with van der Waals surface area (Å²) in [5, 5.41) is 15.7. The molecule has 0 aliphatic carbocycles. The summed E-state index contributed by atoms with van der Waals surface area (Å²) in [6.07, 6.45) is 0. The summed E-state index contributed by atoms with van der Waals surface area (Å²) in [5.41, 5.74) is 1.27. The Labute approximate surface area is 117 Å². The van der Waals surface area contributed by atoms with Gasteiger partial charge in [-0.15, -0.1) is 0 Å². The molecule has 0 radical (unpaired) electrons. The van der Waals surface area contributed by atoms with E-state index >= 15 is 0 Å². The van der Waals surface area contributed by atoms with Gasteiger partial charge in [0.25, 0.3) is 5.91 Å². The zero-order chi connectivity index (χ0) is 15.3. The number of ether oxygens (including phenoxy) is 1. The zero-order valence-corrected chi connectivity index (χ0v) is 12.0. The number of amides is 1. The van der Waals surface area contributed by atoms with Crippen LogP contribution in [0, 0.1) is 25.2 Å². The second kappa shape index (κ2) is 6.36. The van der Waals surface area contributed by atoms with E-state index in [9.17, 15) is 13.2 Å². The lowest BCUT2D eigenvalue weighted by atomic mass is 10.1. The van der Waals surface area contributed by atoms with Gasteiger partial charge < -0.3 is 10.1 Å². The molecule has 0 aromatic heterocycles. The van der Waals surface area contributed by atoms with Crippen molar-refractivity contribution in [1.29, 1.82) is 5.26 Å². The van der Waals surface area contributed by atoms with E-state index in [1.165, 1.54) is 6.07 Å². The summed E-state index contributed by atoms with van der Waals surface area (Å²) in [5.74, 6) is -0.475. The molecule has 108 valence electrons. The number of primary sulfonamides is 1. The van der Waals surface area contributed by atoms with E-state index in [1.807, 2.05) is 0 Å². The fourth-order valence-electron chi connectivity index (χ4n) is 1.64. The van der Waals surface area contributed by atoms with Crippen LogP contribution in [-0.4, -0.2) is 27.5 Å². The lowest BCUT2D eigenvalue weighted by Crippen LogP contribution is -2.29. The summed E-state index contributed by atoms with van der Waals surface area (Å²) in [6, 6.07) is 4.85. The van der Waals surface area contributed by atoms with Crippen molar-refractivity contribution in [2.75, 3.05) is 13.2 Å². The first-order valence-electron chi connectivity index (χ1n) is 5.66. The molecule has 0 aliphatic rings. The highest BCUT2D eigenvalue weighted by Crippen LogP contribution is 2.28. The van der Waals surface area contributed by atoms with Crippen LogP contribution in [0.3, 0.4) is 0 Å². The summed E-state index contributed by atoms with van der Waals surface area (Å²) < 4.78 is 28.3. The molecule has 0 aliphatic heterocycles. The van der Waals surface area contributed by atoms with Crippen molar-refractivity contribution in [2.24, 2.45) is 5.14 Å². The van der Waals surface area contributed by atoms with Crippen molar-refractivity contribution in [2.45, 2.75) is 18.7 Å². The van der Waals surface area contributed by atoms with E-state index in [-0.39, 0.29) is 17.2 Å². The average molecular weight is 297 g/mol. The molecule has 3 N–H and O–H groups in total. The highest BCUT2D eigenvalue weighted by Gasteiger charge is 2.19. The van der Waals surface area contributed by atoms with Crippen LogP contribution in [0.1, 0.15) is 11.1 Å². The number of carbonyl (C=O) groups is 1. The second-order valence-electron chi connectivity index (χ2n) is 4.18. The fourth-order valence-corrected chi connectivity index (χ4v) is 2.47. The molecule has 8 heteroatoms. The summed E-state index contributed by atoms with van der Waals surface area (Å²) >= 11 is 0. The van der Waals surface area contributed by atoms with Gasteiger partial charge in [0.1, 0.15) is 17.2 Å². The maximum Gasteiger partial charge on any atom is 0.258 e. The third-order valence-electron chi connectivity index (χ3n) is 2.40. The van der Waals surface area contributed by atoms with Gasteiger partial charge in [0, 0.05) is 0 Å². The lowest BCUT2D eigenvalue weighted by molar-refractivity contribution is -0.122. The largest absolute Gasteiger partial charge is 0.482 e. The van der Waals surface area contributed by atoms with Gasteiger partial charge in [-0.2, -0.15) is 5.26 Å². The van der Waals surface area contributed by atoms with Crippen LogP contribution >= 0.6 is 0 Å². The average Bonchev–Trinajstić information content (AvgIpc) is 2.33. The maximum atomic E-state index is 11.5. The quantitative estimate of drug-likeness (QED) is 0.739. The first-order valence-corrected chi connectivity index (χ1v) is 7.21. The van der Waals surface area contributed by atoms with Crippen LogP contribution in [-0.2, 0) is 14.8 Å². The molecule has 0 saturated heterocycles. The lowest BCUT2D eigenvalue weighted by Gasteiger charge is -2.13. The molecule has 1 rings (SSSR count). The SMILES string of the molecule is Cc1cc(C)c(OCC(=O)NCC#N)c(S(N)(=O)=O)c1. The summed E-state index contributed by atoms with van der Waals surface area (Å²) in [7, 11) is -3.95. The number of hydrogen-bond acceptors (Lipinski definition) is 5. The normalized spacial score (nSPS) is 10.7. The first kappa shape index (κ1) is 15.9. The monoisotopic (exact) mass is 297 g/mol. The molecule has 0 bridgehead atoms. The second-order valence-corrected chi connectivity index (χ2v) is 5.71. The van der Waals surface area contributed by atoms with Gasteiger partial charge in [0.15, 0.2) is 6.61 Å². The van der Waals surface area contributed by atoms with Crippen LogP contribution in [0.25, 0.3) is 0 Å². The van der Waals surface area contributed by atoms with Crippen LogP contribution in [0.4, 0.5) is 0 Å². The molecule has 0 unspecified atom stereocenters. The summed E-state index contributed by atoms with van der Waals surface area (Å²) in [4.78, 5) is 11.2. The molecule has 0 heterocycles. The maximum absolute atomic E-state index is 11.5. The number of aryl methyl sites for hydroxylation is 2. The third kappa shape index (κ3) is 4.22. The highest BCUT2D eigenvalue weighted by atomic mass is 32.2. The predicted octanol–water partition coefficient (Wildman–Crippen LogP) is -0.0306. The number of nitrogens with zero attached hydrogens (tertiary/aromatic N) is 1. The van der Waals surface area contributed by atoms with E-state index in [0.29, 0.717) is 11.1 Å². The molecule has 0 saturated carbocycles. The van der Waals surface area contributed by atoms with E-state index in [0.717, 1.165) is 0 Å². The number of sulfonamides is 1. The van der Waals surface area contributed by atoms with Gasteiger partial charge >= 0.3 is 0 Å². The number of rotatable bonds is 5. The Balaban J connectivity index is 3.01. The Hall–Kier alpha value is -2.11. The minimum absolute atomic E-state index is 0.0465. The Kier molecular flexibility index (Phi) is 5.07. The third-order valence-corrected chi connectivity index (χ3v) is 3.32. The Morgan fingerprint density at radius 1 is 1.45 bits per heavy atom. The van der Waals surface area contributed by atoms with Crippen molar-refractivity contribution in [3.8, 4) is 11.8 Å². The highest BCUT2D eigenvalue weighted by molar-refractivity contribution is 7.89. The number of nitrogens with two attached hydrogens (primary N) is 1. The molecule has 7 nitrogen and oxygen atoms in total. The number of nitrogens with one attached hydrogen (secondary N) is 1. The fraction of sp³-hybridized carbons (Fsp3) is 0.333. The summed E-state index contributed by atoms with van der Waals surface area (Å²) in [6.45, 7) is 2.85. The number of carbonyl (C=O) groups excluding carboxylic acids is 1. The van der Waals surface area contributed by atoms with Gasteiger partial charge in [-0.3, -0.25) is 4.79 Å². The van der Waals surface area contributed by atoms with Crippen LogP contribution in [0.15, 0.2) is 17.0 Å². The van der Waals surface area contributed by atoms with E-state index in [4.69, 9.17) is 15.1 Å². The van der Waals surface area contributed by atoms with Crippen LogP contribution in [0.5, 0.6) is 5.75 Å². The molecular weight excluding hydrogens is 282 g/mol. The van der Waals surface area contributed by atoms with Crippen molar-refractivity contribution in [3.63, 3.8) is 0 Å². The topological polar surface area (TPSA) is 122 Å². The minimum atomic E-state index is -3.95. The Bertz CT molecular complexity index is 662. The standard InChI is InChI=1S/C12H15N3O4S/c1-8-5-9(2)12(10(6-8)20(14,17)18)19-7-11(16)15-4-3-13/h5-6H,4,7H2,1-2H3,(H,15,16)(H2,14,17,18). The van der Waals surface area contributed by atoms with Crippen LogP contribution < -0.4 is 15.2 Å². The van der Waals surface area contributed by atoms with E-state index in [2.05, 4.69) is 5.32 Å². The van der Waals surface area contributed by atoms with Crippen molar-refractivity contribution in [1.82, 2.24) is 5.32 Å². The zero-order valence-electron chi connectivity index (χ0n) is 11.1. The first-order chi connectivity index (χ1) is 9.25. The van der Waals surface area contributed by atoms with Gasteiger partial charge in [-0.25, -0.2) is 13.6 Å². The number of hydrogen-bond donors (Lipinski definition) is 2. The Morgan fingerprint density at radius 3 is 2.65 bits per heavy atom. The molecule has 20 heavy (non-hydrogen) atoms. The number of nitriles is 1. The van der Waals surface area contributed by atoms with E-state index in [1.54, 1.807) is 26.0 Å². The van der Waals surface area contributed by atoms with E-state index < -0.39 is 22.5 Å². The van der Waals surface area contributed by atoms with Crippen molar-refractivity contribution < 1.29 is 17.9 Å². The van der Waals surface area contributed by atoms with Crippen molar-refractivity contribution in [3.05, 3.63) is 23.3 Å². The van der Waals surface area contributed by atoms with Crippen LogP contribution in [0.2, 0.25) is 0 Å². The minimum Gasteiger partial charge on any atom is -0.482 e.